The number of carbonyl (C=O) groups is 2. The maximum atomic E-state index is 12.6. The van der Waals surface area contributed by atoms with E-state index in [-0.39, 0.29) is 32.0 Å². The van der Waals surface area contributed by atoms with Gasteiger partial charge in [0.25, 0.3) is 7.82 Å². The number of nitrogens with zero attached hydrogens (tertiary/aromatic N) is 1. The molecule has 0 aromatic rings. The first-order valence-corrected chi connectivity index (χ1v) is 21.9. The molecule has 0 heterocycles. The van der Waals surface area contributed by atoms with E-state index in [2.05, 4.69) is 26.0 Å². The minimum Gasteiger partial charge on any atom is -0.756 e. The lowest BCUT2D eigenvalue weighted by molar-refractivity contribution is -0.870. The summed E-state index contributed by atoms with van der Waals surface area (Å²) < 4.78 is 33.8. The van der Waals surface area contributed by atoms with Crippen LogP contribution in [0.3, 0.4) is 0 Å². The number of hydrogen-bond donors (Lipinski definition) is 0. The largest absolute Gasteiger partial charge is 0.756 e. The molecule has 0 amide bonds. The number of phosphoric ester groups is 1. The number of hydrogen-bond acceptors (Lipinski definition) is 8. The first-order chi connectivity index (χ1) is 24.0. The van der Waals surface area contributed by atoms with Gasteiger partial charge >= 0.3 is 11.9 Å². The van der Waals surface area contributed by atoms with Gasteiger partial charge in [-0.3, -0.25) is 14.2 Å². The number of likely N-dealkylation sites (N-methyl/N-ethyl adjacent to an activating group) is 1. The SMILES string of the molecule is CCCC/C=C/CCCCCCCCCCCC(=O)O[C@H](COC(=O)CCCCCCCCCCCCC)COP(=O)([O-])OCC[N+](C)(C)C. The molecule has 0 radical (unpaired) electrons. The number of ether oxygens (including phenoxy) is 2. The van der Waals surface area contributed by atoms with E-state index in [0.29, 0.717) is 17.4 Å². The molecule has 0 bridgehead atoms. The number of allylic oxidation sites excluding steroid dienone is 2. The predicted octanol–water partition coefficient (Wildman–Crippen LogP) is 10.4. The molecule has 296 valence electrons. The Kier molecular flexibility index (Phi) is 32.7. The van der Waals surface area contributed by atoms with Crippen molar-refractivity contribution >= 4 is 19.8 Å². The molecule has 0 rings (SSSR count). The van der Waals surface area contributed by atoms with Crippen LogP contribution in [0.4, 0.5) is 0 Å². The molecule has 0 aromatic carbocycles. The summed E-state index contributed by atoms with van der Waals surface area (Å²) in [5, 5.41) is 0. The third-order valence-electron chi connectivity index (χ3n) is 8.79. The Bertz CT molecular complexity index is 876. The van der Waals surface area contributed by atoms with Crippen molar-refractivity contribution in [3.05, 3.63) is 12.2 Å². The highest BCUT2D eigenvalue weighted by atomic mass is 31.2. The van der Waals surface area contributed by atoms with Gasteiger partial charge in [0.05, 0.1) is 27.7 Å². The van der Waals surface area contributed by atoms with Gasteiger partial charge in [0.1, 0.15) is 19.8 Å². The van der Waals surface area contributed by atoms with Crippen molar-refractivity contribution in [3.63, 3.8) is 0 Å². The molecule has 0 spiro atoms. The van der Waals surface area contributed by atoms with Gasteiger partial charge in [0.15, 0.2) is 6.10 Å². The zero-order valence-corrected chi connectivity index (χ0v) is 34.0. The first kappa shape index (κ1) is 48.8. The second-order valence-electron chi connectivity index (χ2n) is 15.0. The lowest BCUT2D eigenvalue weighted by atomic mass is 10.1. The zero-order chi connectivity index (χ0) is 37.2. The summed E-state index contributed by atoms with van der Waals surface area (Å²) in [6.45, 7) is 4.19. The predicted molar refractivity (Wildman–Crippen MR) is 204 cm³/mol. The molecule has 0 N–H and O–H groups in total. The van der Waals surface area contributed by atoms with Gasteiger partial charge in [-0.2, -0.15) is 0 Å². The van der Waals surface area contributed by atoms with Gasteiger partial charge in [-0.1, -0.05) is 148 Å². The third kappa shape index (κ3) is 36.5. The van der Waals surface area contributed by atoms with Crippen molar-refractivity contribution in [1.29, 1.82) is 0 Å². The first-order valence-electron chi connectivity index (χ1n) is 20.4. The van der Waals surface area contributed by atoms with Crippen LogP contribution in [-0.2, 0) is 32.7 Å². The highest BCUT2D eigenvalue weighted by molar-refractivity contribution is 7.45. The Hall–Kier alpha value is -1.25. The molecule has 50 heavy (non-hydrogen) atoms. The fraction of sp³-hybridized carbons (Fsp3) is 0.900. The van der Waals surface area contributed by atoms with Gasteiger partial charge in [-0.15, -0.1) is 0 Å². The van der Waals surface area contributed by atoms with Crippen molar-refractivity contribution in [2.45, 2.75) is 187 Å². The molecular weight excluding hydrogens is 653 g/mol. The Morgan fingerprint density at radius 3 is 1.54 bits per heavy atom. The van der Waals surface area contributed by atoms with E-state index in [0.717, 1.165) is 38.5 Å². The summed E-state index contributed by atoms with van der Waals surface area (Å²) in [5.41, 5.74) is 0. The maximum absolute atomic E-state index is 12.6. The van der Waals surface area contributed by atoms with Crippen molar-refractivity contribution in [2.24, 2.45) is 0 Å². The molecule has 0 aliphatic carbocycles. The van der Waals surface area contributed by atoms with Crippen LogP contribution in [0.2, 0.25) is 0 Å². The molecule has 2 atom stereocenters. The number of esters is 2. The minimum atomic E-state index is -4.61. The van der Waals surface area contributed by atoms with Crippen LogP contribution in [0.1, 0.15) is 181 Å². The fourth-order valence-corrected chi connectivity index (χ4v) is 6.25. The molecule has 0 aliphatic heterocycles. The molecule has 9 nitrogen and oxygen atoms in total. The molecule has 1 unspecified atom stereocenters. The summed E-state index contributed by atoms with van der Waals surface area (Å²) in [4.78, 5) is 37.4. The average Bonchev–Trinajstić information content (AvgIpc) is 3.06. The van der Waals surface area contributed by atoms with Crippen molar-refractivity contribution in [2.75, 3.05) is 47.5 Å². The smallest absolute Gasteiger partial charge is 0.306 e. The van der Waals surface area contributed by atoms with Crippen LogP contribution in [0.15, 0.2) is 12.2 Å². The maximum Gasteiger partial charge on any atom is 0.306 e. The van der Waals surface area contributed by atoms with Crippen LogP contribution in [-0.4, -0.2) is 70.0 Å². The fourth-order valence-electron chi connectivity index (χ4n) is 5.52. The van der Waals surface area contributed by atoms with E-state index in [4.69, 9.17) is 18.5 Å². The summed E-state index contributed by atoms with van der Waals surface area (Å²) in [6.07, 6.45) is 32.3. The highest BCUT2D eigenvalue weighted by Gasteiger charge is 2.21. The van der Waals surface area contributed by atoms with Crippen LogP contribution < -0.4 is 4.89 Å². The topological polar surface area (TPSA) is 111 Å². The Morgan fingerprint density at radius 2 is 1.04 bits per heavy atom. The van der Waals surface area contributed by atoms with E-state index in [9.17, 15) is 19.0 Å². The molecule has 10 heteroatoms. The van der Waals surface area contributed by atoms with Crippen molar-refractivity contribution in [1.82, 2.24) is 0 Å². The number of unbranched alkanes of at least 4 members (excludes halogenated alkanes) is 21. The van der Waals surface area contributed by atoms with Crippen LogP contribution in [0.25, 0.3) is 0 Å². The molecule has 0 fully saturated rings. The Balaban J connectivity index is 4.38. The average molecular weight is 732 g/mol. The number of carbonyl (C=O) groups excluding carboxylic acids is 2. The van der Waals surface area contributed by atoms with Crippen molar-refractivity contribution < 1.29 is 42.1 Å². The number of phosphoric acid groups is 1. The van der Waals surface area contributed by atoms with E-state index >= 15 is 0 Å². The van der Waals surface area contributed by atoms with Gasteiger partial charge < -0.3 is 27.9 Å². The van der Waals surface area contributed by atoms with Gasteiger partial charge in [0, 0.05) is 12.8 Å². The van der Waals surface area contributed by atoms with Gasteiger partial charge in [-0.25, -0.2) is 0 Å². The van der Waals surface area contributed by atoms with Gasteiger partial charge in [0.2, 0.25) is 0 Å². The van der Waals surface area contributed by atoms with E-state index in [1.165, 1.54) is 109 Å². The van der Waals surface area contributed by atoms with Crippen molar-refractivity contribution in [3.8, 4) is 0 Å². The number of rotatable bonds is 37. The summed E-state index contributed by atoms with van der Waals surface area (Å²) in [7, 11) is 1.17. The Labute approximate surface area is 307 Å². The summed E-state index contributed by atoms with van der Waals surface area (Å²) >= 11 is 0. The van der Waals surface area contributed by atoms with Crippen LogP contribution in [0, 0.1) is 0 Å². The molecule has 0 saturated carbocycles. The minimum absolute atomic E-state index is 0.0283. The standard InChI is InChI=1S/C40H78NO8P/c1-6-8-10-12-14-16-18-19-20-21-23-25-27-29-31-33-40(43)49-38(37-48-50(44,45)47-35-34-41(3,4)5)36-46-39(42)32-30-28-26-24-22-17-15-13-11-9-7-2/h12,14,38H,6-11,13,15-37H2,1-5H3/b14-12+/t38-/m1/s1. The van der Waals surface area contributed by atoms with E-state index in [1.54, 1.807) is 0 Å². The zero-order valence-electron chi connectivity index (χ0n) is 33.1. The quantitative estimate of drug-likeness (QED) is 0.0204. The van der Waals surface area contributed by atoms with Crippen LogP contribution >= 0.6 is 7.82 Å². The lowest BCUT2D eigenvalue weighted by Gasteiger charge is -2.28. The highest BCUT2D eigenvalue weighted by Crippen LogP contribution is 2.38. The number of quaternary nitrogens is 1. The Morgan fingerprint density at radius 1 is 0.600 bits per heavy atom. The van der Waals surface area contributed by atoms with E-state index < -0.39 is 26.5 Å². The van der Waals surface area contributed by atoms with Gasteiger partial charge in [-0.05, 0) is 32.1 Å². The normalized spacial score (nSPS) is 13.8. The molecule has 0 aromatic heterocycles. The molecule has 0 aliphatic rings. The second-order valence-corrected chi connectivity index (χ2v) is 16.4. The van der Waals surface area contributed by atoms with Crippen LogP contribution in [0.5, 0.6) is 0 Å². The molecular formula is C40H78NO8P. The third-order valence-corrected chi connectivity index (χ3v) is 9.75. The lowest BCUT2D eigenvalue weighted by Crippen LogP contribution is -2.37. The summed E-state index contributed by atoms with van der Waals surface area (Å²) in [5.74, 6) is -0.832. The molecule has 0 saturated heterocycles. The summed E-state index contributed by atoms with van der Waals surface area (Å²) in [6, 6.07) is 0. The van der Waals surface area contributed by atoms with E-state index in [1.807, 2.05) is 21.1 Å². The monoisotopic (exact) mass is 732 g/mol. The second kappa shape index (κ2) is 33.6.